The Hall–Kier alpha value is -0.880. The minimum absolute atomic E-state index is 0.439. The van der Waals surface area contributed by atoms with E-state index in [2.05, 4.69) is 31.8 Å². The van der Waals surface area contributed by atoms with E-state index in [0.29, 0.717) is 5.92 Å². The molecule has 0 aliphatic heterocycles. The maximum atomic E-state index is 9.00. The molecule has 2 nitrogen and oxygen atoms in total. The third kappa shape index (κ3) is 1.96. The molecule has 0 saturated carbocycles. The van der Waals surface area contributed by atoms with Gasteiger partial charge in [0.25, 0.3) is 0 Å². The van der Waals surface area contributed by atoms with Gasteiger partial charge in [-0.1, -0.05) is 13.8 Å². The maximum absolute atomic E-state index is 9.00. The molecule has 0 saturated heterocycles. The van der Waals surface area contributed by atoms with E-state index in [-0.39, 0.29) is 0 Å². The quantitative estimate of drug-likeness (QED) is 0.747. The smallest absolute Gasteiger partial charge is 0.113 e. The number of rotatable bonds is 2. The van der Waals surface area contributed by atoms with Crippen LogP contribution in [0.25, 0.3) is 0 Å². The molecule has 0 aliphatic rings. The van der Waals surface area contributed by atoms with Gasteiger partial charge in [0.2, 0.25) is 0 Å². The molecule has 0 atom stereocenters. The Morgan fingerprint density at radius 3 is 2.36 bits per heavy atom. The van der Waals surface area contributed by atoms with Crippen LogP contribution in [0.4, 0.5) is 0 Å². The van der Waals surface area contributed by atoms with Crippen LogP contribution < -0.4 is 0 Å². The maximum Gasteiger partial charge on any atom is 0.113 e. The van der Waals surface area contributed by atoms with Gasteiger partial charge in [-0.3, -0.25) is 0 Å². The summed E-state index contributed by atoms with van der Waals surface area (Å²) in [7, 11) is 0. The minimum atomic E-state index is -0.456. The summed E-state index contributed by atoms with van der Waals surface area (Å²) in [6.45, 7) is 10.2. The molecular formula is C11H16N2S. The summed E-state index contributed by atoms with van der Waals surface area (Å²) >= 11 is 1.64. The zero-order valence-electron chi connectivity index (χ0n) is 9.38. The summed E-state index contributed by atoms with van der Waals surface area (Å²) in [5.41, 5.74) is 0.677. The Morgan fingerprint density at radius 1 is 1.43 bits per heavy atom. The lowest BCUT2D eigenvalue weighted by atomic mass is 9.97. The largest absolute Gasteiger partial charge is 0.244 e. The third-order valence-corrected chi connectivity index (χ3v) is 3.50. The van der Waals surface area contributed by atoms with E-state index < -0.39 is 5.41 Å². The summed E-state index contributed by atoms with van der Waals surface area (Å²) in [6.07, 6.45) is 0. The van der Waals surface area contributed by atoms with Gasteiger partial charge >= 0.3 is 0 Å². The van der Waals surface area contributed by atoms with E-state index in [0.717, 1.165) is 10.7 Å². The molecule has 14 heavy (non-hydrogen) atoms. The Bertz CT molecular complexity index is 369. The monoisotopic (exact) mass is 208 g/mol. The first-order chi connectivity index (χ1) is 6.38. The second-order valence-electron chi connectivity index (χ2n) is 4.35. The first-order valence-electron chi connectivity index (χ1n) is 4.77. The molecule has 0 spiro atoms. The van der Waals surface area contributed by atoms with Crippen molar-refractivity contribution in [3.63, 3.8) is 0 Å². The normalized spacial score (nSPS) is 11.8. The van der Waals surface area contributed by atoms with E-state index in [1.165, 1.54) is 4.88 Å². The van der Waals surface area contributed by atoms with Crippen molar-refractivity contribution in [1.82, 2.24) is 4.98 Å². The van der Waals surface area contributed by atoms with Crippen LogP contribution in [0.5, 0.6) is 0 Å². The molecule has 1 heterocycles. The summed E-state index contributed by atoms with van der Waals surface area (Å²) in [6, 6.07) is 2.28. The second-order valence-corrected chi connectivity index (χ2v) is 5.56. The summed E-state index contributed by atoms with van der Waals surface area (Å²) in [5, 5.41) is 9.93. The first-order valence-corrected chi connectivity index (χ1v) is 5.59. The molecule has 0 aromatic carbocycles. The lowest BCUT2D eigenvalue weighted by molar-refractivity contribution is 0.670. The van der Waals surface area contributed by atoms with Gasteiger partial charge in [-0.25, -0.2) is 4.98 Å². The Kier molecular flexibility index (Phi) is 2.96. The lowest BCUT2D eigenvalue weighted by Crippen LogP contribution is -2.13. The average Bonchev–Trinajstić information content (AvgIpc) is 2.48. The molecule has 0 bridgehead atoms. The van der Waals surface area contributed by atoms with Crippen molar-refractivity contribution in [2.45, 2.75) is 46.0 Å². The number of nitrogens with zero attached hydrogens (tertiary/aromatic N) is 2. The fraction of sp³-hybridized carbons (Fsp3) is 0.636. The van der Waals surface area contributed by atoms with Crippen LogP contribution in [0.1, 0.15) is 49.2 Å². The highest BCUT2D eigenvalue weighted by molar-refractivity contribution is 7.11. The highest BCUT2D eigenvalue weighted by Gasteiger charge is 2.25. The van der Waals surface area contributed by atoms with Gasteiger partial charge < -0.3 is 0 Å². The van der Waals surface area contributed by atoms with Gasteiger partial charge in [0.05, 0.1) is 11.8 Å². The molecule has 0 aliphatic carbocycles. The SMILES string of the molecule is Cc1sc(C(C)(C)C#N)nc1C(C)C. The van der Waals surface area contributed by atoms with E-state index >= 15 is 0 Å². The number of thiazole rings is 1. The van der Waals surface area contributed by atoms with Crippen molar-refractivity contribution in [1.29, 1.82) is 5.26 Å². The molecule has 0 unspecified atom stereocenters. The Labute approximate surface area is 89.6 Å². The molecule has 0 radical (unpaired) electrons. The average molecular weight is 208 g/mol. The fourth-order valence-electron chi connectivity index (χ4n) is 1.26. The highest BCUT2D eigenvalue weighted by atomic mass is 32.1. The Balaban J connectivity index is 3.16. The van der Waals surface area contributed by atoms with Gasteiger partial charge in [0.1, 0.15) is 10.4 Å². The number of hydrogen-bond acceptors (Lipinski definition) is 3. The predicted molar refractivity (Wildman–Crippen MR) is 59.6 cm³/mol. The molecular weight excluding hydrogens is 192 g/mol. The zero-order valence-corrected chi connectivity index (χ0v) is 10.2. The van der Waals surface area contributed by atoms with Crippen LogP contribution in [-0.2, 0) is 5.41 Å². The van der Waals surface area contributed by atoms with Crippen molar-refractivity contribution in [3.05, 3.63) is 15.6 Å². The van der Waals surface area contributed by atoms with E-state index in [1.807, 2.05) is 13.8 Å². The van der Waals surface area contributed by atoms with Crippen molar-refractivity contribution < 1.29 is 0 Å². The molecule has 76 valence electrons. The molecule has 0 N–H and O–H groups in total. The van der Waals surface area contributed by atoms with Gasteiger partial charge in [0, 0.05) is 4.88 Å². The third-order valence-electron chi connectivity index (χ3n) is 2.19. The van der Waals surface area contributed by atoms with Crippen molar-refractivity contribution in [2.75, 3.05) is 0 Å². The first kappa shape index (κ1) is 11.2. The number of aromatic nitrogens is 1. The van der Waals surface area contributed by atoms with Crippen LogP contribution >= 0.6 is 11.3 Å². The summed E-state index contributed by atoms with van der Waals surface area (Å²) < 4.78 is 0. The second kappa shape index (κ2) is 3.70. The molecule has 0 amide bonds. The topological polar surface area (TPSA) is 36.7 Å². The highest BCUT2D eigenvalue weighted by Crippen LogP contribution is 2.31. The van der Waals surface area contributed by atoms with Crippen LogP contribution in [0.3, 0.4) is 0 Å². The summed E-state index contributed by atoms with van der Waals surface area (Å²) in [4.78, 5) is 5.78. The molecule has 1 rings (SSSR count). The van der Waals surface area contributed by atoms with Crippen LogP contribution in [0.15, 0.2) is 0 Å². The van der Waals surface area contributed by atoms with Crippen LogP contribution in [0, 0.1) is 18.3 Å². The minimum Gasteiger partial charge on any atom is -0.244 e. The number of aryl methyl sites for hydroxylation is 1. The van der Waals surface area contributed by atoms with Gasteiger partial charge in [0.15, 0.2) is 0 Å². The molecule has 1 aromatic rings. The molecule has 1 aromatic heterocycles. The van der Waals surface area contributed by atoms with Crippen LogP contribution in [0.2, 0.25) is 0 Å². The van der Waals surface area contributed by atoms with Gasteiger partial charge in [-0.05, 0) is 26.7 Å². The zero-order chi connectivity index (χ0) is 10.9. The number of nitriles is 1. The standard InChI is InChI=1S/C11H16N2S/c1-7(2)9-8(3)14-10(13-9)11(4,5)6-12/h7H,1-5H3. The predicted octanol–water partition coefficient (Wildman–Crippen LogP) is 3.38. The lowest BCUT2D eigenvalue weighted by Gasteiger charge is -2.10. The number of hydrogen-bond donors (Lipinski definition) is 0. The van der Waals surface area contributed by atoms with Crippen molar-refractivity contribution in [3.8, 4) is 6.07 Å². The van der Waals surface area contributed by atoms with Crippen molar-refractivity contribution >= 4 is 11.3 Å². The molecule has 3 heteroatoms. The van der Waals surface area contributed by atoms with Gasteiger partial charge in [-0.15, -0.1) is 11.3 Å². The summed E-state index contributed by atoms with van der Waals surface area (Å²) in [5.74, 6) is 0.439. The van der Waals surface area contributed by atoms with Crippen molar-refractivity contribution in [2.24, 2.45) is 0 Å². The van der Waals surface area contributed by atoms with Gasteiger partial charge in [-0.2, -0.15) is 5.26 Å². The Morgan fingerprint density at radius 2 is 2.00 bits per heavy atom. The van der Waals surface area contributed by atoms with E-state index in [9.17, 15) is 0 Å². The fourth-order valence-corrected chi connectivity index (χ4v) is 2.38. The van der Waals surface area contributed by atoms with E-state index in [1.54, 1.807) is 11.3 Å². The molecule has 0 fully saturated rings. The van der Waals surface area contributed by atoms with Crippen LogP contribution in [-0.4, -0.2) is 4.98 Å². The van der Waals surface area contributed by atoms with E-state index in [4.69, 9.17) is 5.26 Å².